The lowest BCUT2D eigenvalue weighted by Gasteiger charge is -2.12. The first kappa shape index (κ1) is 22.9. The number of thioether (sulfide) groups is 1. The summed E-state index contributed by atoms with van der Waals surface area (Å²) in [5.41, 5.74) is 2.21. The third-order valence-corrected chi connectivity index (χ3v) is 7.03. The highest BCUT2D eigenvalue weighted by Crippen LogP contribution is 2.36. The molecule has 0 aliphatic carbocycles. The van der Waals surface area contributed by atoms with Gasteiger partial charge in [-0.05, 0) is 53.7 Å². The minimum absolute atomic E-state index is 0.0290. The Balaban J connectivity index is 1.67. The first-order valence-electron chi connectivity index (χ1n) is 9.31. The van der Waals surface area contributed by atoms with E-state index in [0.717, 1.165) is 27.1 Å². The van der Waals surface area contributed by atoms with Crippen molar-refractivity contribution in [1.29, 1.82) is 0 Å². The molecule has 0 atom stereocenters. The summed E-state index contributed by atoms with van der Waals surface area (Å²) >= 11 is 16.3. The van der Waals surface area contributed by atoms with Gasteiger partial charge in [0.2, 0.25) is 0 Å². The number of aromatic nitrogens is 1. The quantitative estimate of drug-likeness (QED) is 0.281. The number of benzene rings is 2. The SMILES string of the molecule is COC(=O)Cn1cc(/C=C2\SC(=O)N(Cc3ccc(Cl)c(Cl)c3)C2=O)c2cc(Br)ccc21. The lowest BCUT2D eigenvalue weighted by molar-refractivity contribution is -0.141. The summed E-state index contributed by atoms with van der Waals surface area (Å²) in [5.74, 6) is -0.784. The Labute approximate surface area is 206 Å². The molecule has 1 saturated heterocycles. The van der Waals surface area contributed by atoms with Gasteiger partial charge in [-0.2, -0.15) is 0 Å². The van der Waals surface area contributed by atoms with Crippen LogP contribution in [0.5, 0.6) is 0 Å². The van der Waals surface area contributed by atoms with Gasteiger partial charge in [0.05, 0.1) is 28.6 Å². The van der Waals surface area contributed by atoms with Gasteiger partial charge in [-0.1, -0.05) is 45.2 Å². The normalized spacial score (nSPS) is 15.2. The summed E-state index contributed by atoms with van der Waals surface area (Å²) in [4.78, 5) is 38.8. The Morgan fingerprint density at radius 3 is 2.66 bits per heavy atom. The maximum atomic E-state index is 13.0. The molecule has 0 spiro atoms. The molecule has 0 N–H and O–H groups in total. The summed E-state index contributed by atoms with van der Waals surface area (Å²) in [5, 5.41) is 1.22. The van der Waals surface area contributed by atoms with E-state index in [0.29, 0.717) is 26.1 Å². The molecule has 1 fully saturated rings. The van der Waals surface area contributed by atoms with Crippen LogP contribution in [0.1, 0.15) is 11.1 Å². The van der Waals surface area contributed by atoms with E-state index in [-0.39, 0.29) is 18.3 Å². The van der Waals surface area contributed by atoms with Crippen molar-refractivity contribution in [1.82, 2.24) is 9.47 Å². The van der Waals surface area contributed by atoms with Crippen molar-refractivity contribution >= 4 is 85.0 Å². The topological polar surface area (TPSA) is 68.6 Å². The van der Waals surface area contributed by atoms with Crippen molar-refractivity contribution in [3.8, 4) is 0 Å². The lowest BCUT2D eigenvalue weighted by atomic mass is 10.1. The number of hydrogen-bond donors (Lipinski definition) is 0. The second kappa shape index (κ2) is 9.31. The van der Waals surface area contributed by atoms with Crippen molar-refractivity contribution in [3.63, 3.8) is 0 Å². The van der Waals surface area contributed by atoms with Gasteiger partial charge >= 0.3 is 5.97 Å². The summed E-state index contributed by atoms with van der Waals surface area (Å²) in [6.45, 7) is 0.121. The van der Waals surface area contributed by atoms with Crippen LogP contribution in [0.25, 0.3) is 17.0 Å². The molecular formula is C22H15BrCl2N2O4S. The maximum absolute atomic E-state index is 13.0. The van der Waals surface area contributed by atoms with E-state index >= 15 is 0 Å². The van der Waals surface area contributed by atoms with Crippen LogP contribution < -0.4 is 0 Å². The van der Waals surface area contributed by atoms with Crippen molar-refractivity contribution in [2.24, 2.45) is 0 Å². The van der Waals surface area contributed by atoms with E-state index in [9.17, 15) is 14.4 Å². The zero-order valence-corrected chi connectivity index (χ0v) is 20.5. The van der Waals surface area contributed by atoms with E-state index in [1.54, 1.807) is 35.0 Å². The fourth-order valence-electron chi connectivity index (χ4n) is 3.34. The number of esters is 1. The van der Waals surface area contributed by atoms with Gasteiger partial charge in [-0.3, -0.25) is 19.3 Å². The number of imide groups is 1. The van der Waals surface area contributed by atoms with Crippen molar-refractivity contribution in [2.45, 2.75) is 13.1 Å². The van der Waals surface area contributed by atoms with Crippen LogP contribution in [0, 0.1) is 0 Å². The van der Waals surface area contributed by atoms with Gasteiger partial charge in [0, 0.05) is 27.1 Å². The molecule has 2 heterocycles. The van der Waals surface area contributed by atoms with E-state index in [4.69, 9.17) is 27.9 Å². The molecular weight excluding hydrogens is 539 g/mol. The second-order valence-electron chi connectivity index (χ2n) is 6.97. The first-order valence-corrected chi connectivity index (χ1v) is 11.7. The van der Waals surface area contributed by atoms with Crippen LogP contribution in [-0.4, -0.2) is 33.7 Å². The molecule has 6 nitrogen and oxygen atoms in total. The van der Waals surface area contributed by atoms with Gasteiger partial charge in [-0.15, -0.1) is 0 Å². The van der Waals surface area contributed by atoms with Crippen LogP contribution in [-0.2, 0) is 27.4 Å². The van der Waals surface area contributed by atoms with Gasteiger partial charge < -0.3 is 9.30 Å². The van der Waals surface area contributed by atoms with E-state index < -0.39 is 11.9 Å². The number of ether oxygens (including phenoxy) is 1. The molecule has 32 heavy (non-hydrogen) atoms. The van der Waals surface area contributed by atoms with Crippen molar-refractivity contribution < 1.29 is 19.1 Å². The molecule has 10 heteroatoms. The highest BCUT2D eigenvalue weighted by molar-refractivity contribution is 9.10. The average molecular weight is 554 g/mol. The molecule has 2 aromatic carbocycles. The number of carbonyl (C=O) groups excluding carboxylic acids is 3. The molecule has 164 valence electrons. The molecule has 1 aliphatic rings. The zero-order chi connectivity index (χ0) is 23.0. The van der Waals surface area contributed by atoms with Crippen molar-refractivity contribution in [3.05, 3.63) is 73.1 Å². The van der Waals surface area contributed by atoms with Crippen LogP contribution >= 0.6 is 50.9 Å². The Hall–Kier alpha value is -2.26. The Morgan fingerprint density at radius 1 is 1.16 bits per heavy atom. The largest absolute Gasteiger partial charge is 0.468 e. The van der Waals surface area contributed by atoms with Crippen LogP contribution in [0.15, 0.2) is 52.0 Å². The predicted molar refractivity (Wildman–Crippen MR) is 130 cm³/mol. The molecule has 1 aliphatic heterocycles. The summed E-state index contributed by atoms with van der Waals surface area (Å²) in [6, 6.07) is 10.6. The van der Waals surface area contributed by atoms with E-state index in [1.807, 2.05) is 18.2 Å². The van der Waals surface area contributed by atoms with Gasteiger partial charge in [0.25, 0.3) is 11.1 Å². The fourth-order valence-corrected chi connectivity index (χ4v) is 4.86. The summed E-state index contributed by atoms with van der Waals surface area (Å²) < 4.78 is 7.37. The molecule has 0 saturated carbocycles. The lowest BCUT2D eigenvalue weighted by Crippen LogP contribution is -2.27. The smallest absolute Gasteiger partial charge is 0.325 e. The monoisotopic (exact) mass is 552 g/mol. The average Bonchev–Trinajstić information content (AvgIpc) is 3.22. The molecule has 1 aromatic heterocycles. The standard InChI is InChI=1S/C22H15BrCl2N2O4S/c1-31-20(28)11-26-10-13(15-8-14(23)3-5-18(15)26)7-19-21(29)27(22(30)32-19)9-12-2-4-16(24)17(25)6-12/h2-8,10H,9,11H2,1H3/b19-7-. The Kier molecular flexibility index (Phi) is 6.67. The number of nitrogens with zero attached hydrogens (tertiary/aromatic N) is 2. The number of amides is 2. The highest BCUT2D eigenvalue weighted by Gasteiger charge is 2.35. The number of methoxy groups -OCH3 is 1. The van der Waals surface area contributed by atoms with E-state index in [1.165, 1.54) is 12.0 Å². The first-order chi connectivity index (χ1) is 15.3. The molecule has 4 rings (SSSR count). The van der Waals surface area contributed by atoms with Crippen LogP contribution in [0.4, 0.5) is 4.79 Å². The van der Waals surface area contributed by atoms with Crippen LogP contribution in [0.2, 0.25) is 10.0 Å². The number of carbonyl (C=O) groups is 3. The fraction of sp³-hybridized carbons (Fsp3) is 0.136. The third kappa shape index (κ3) is 4.59. The number of halogens is 3. The van der Waals surface area contributed by atoms with Crippen LogP contribution in [0.3, 0.4) is 0 Å². The van der Waals surface area contributed by atoms with Crippen molar-refractivity contribution in [2.75, 3.05) is 7.11 Å². The Morgan fingerprint density at radius 2 is 1.94 bits per heavy atom. The Bertz CT molecular complexity index is 1300. The second-order valence-corrected chi connectivity index (χ2v) is 9.69. The molecule has 0 bridgehead atoms. The van der Waals surface area contributed by atoms with Gasteiger partial charge in [-0.25, -0.2) is 0 Å². The van der Waals surface area contributed by atoms with Gasteiger partial charge in [0.1, 0.15) is 6.54 Å². The zero-order valence-electron chi connectivity index (χ0n) is 16.6. The number of hydrogen-bond acceptors (Lipinski definition) is 5. The predicted octanol–water partition coefficient (Wildman–Crippen LogP) is 6.12. The molecule has 0 radical (unpaired) electrons. The molecule has 3 aromatic rings. The molecule has 2 amide bonds. The van der Waals surface area contributed by atoms with E-state index in [2.05, 4.69) is 15.9 Å². The highest BCUT2D eigenvalue weighted by atomic mass is 79.9. The summed E-state index contributed by atoms with van der Waals surface area (Å²) in [7, 11) is 1.33. The molecule has 0 unspecified atom stereocenters. The number of rotatable bonds is 5. The number of fused-ring (bicyclic) bond motifs is 1. The third-order valence-electron chi connectivity index (χ3n) is 4.89. The van der Waals surface area contributed by atoms with Gasteiger partial charge in [0.15, 0.2) is 0 Å². The minimum atomic E-state index is -0.394. The maximum Gasteiger partial charge on any atom is 0.325 e. The summed E-state index contributed by atoms with van der Waals surface area (Å²) in [6.07, 6.45) is 3.43. The minimum Gasteiger partial charge on any atom is -0.468 e.